The molecule has 21 heavy (non-hydrogen) atoms. The van der Waals surface area contributed by atoms with Gasteiger partial charge in [-0.2, -0.15) is 0 Å². The minimum Gasteiger partial charge on any atom is -0.489 e. The van der Waals surface area contributed by atoms with E-state index in [1.54, 1.807) is 11.3 Å². The van der Waals surface area contributed by atoms with Gasteiger partial charge < -0.3 is 10.1 Å². The Hall–Kier alpha value is -2.01. The van der Waals surface area contributed by atoms with Crippen LogP contribution in [0.4, 0.5) is 5.69 Å². The van der Waals surface area contributed by atoms with Gasteiger partial charge in [-0.1, -0.05) is 12.1 Å². The quantitative estimate of drug-likeness (QED) is 0.771. The van der Waals surface area contributed by atoms with Gasteiger partial charge in [-0.3, -0.25) is 4.40 Å². The molecule has 0 amide bonds. The second kappa shape index (κ2) is 5.77. The summed E-state index contributed by atoms with van der Waals surface area (Å²) >= 11 is 1.65. The second-order valence-corrected chi connectivity index (χ2v) is 6.09. The summed E-state index contributed by atoms with van der Waals surface area (Å²) in [5.41, 5.74) is 3.26. The van der Waals surface area contributed by atoms with Gasteiger partial charge in [0.05, 0.1) is 29.7 Å². The van der Waals surface area contributed by atoms with E-state index in [2.05, 4.69) is 26.3 Å². The number of rotatable bonds is 5. The zero-order valence-corrected chi connectivity index (χ0v) is 13.3. The topological polar surface area (TPSA) is 38.6 Å². The molecule has 0 aliphatic rings. The molecule has 2 heterocycles. The van der Waals surface area contributed by atoms with Crippen LogP contribution in [0.1, 0.15) is 25.2 Å². The van der Waals surface area contributed by atoms with Crippen LogP contribution in [-0.4, -0.2) is 15.5 Å². The van der Waals surface area contributed by atoms with Crippen molar-refractivity contribution < 1.29 is 4.74 Å². The number of aromatic nitrogens is 2. The van der Waals surface area contributed by atoms with Crippen LogP contribution in [0.3, 0.4) is 0 Å². The number of nitrogens with zero attached hydrogens (tertiary/aromatic N) is 2. The van der Waals surface area contributed by atoms with E-state index < -0.39 is 0 Å². The summed E-state index contributed by atoms with van der Waals surface area (Å²) < 4.78 is 7.97. The summed E-state index contributed by atoms with van der Waals surface area (Å²) in [4.78, 5) is 5.60. The third kappa shape index (κ3) is 2.88. The van der Waals surface area contributed by atoms with E-state index in [9.17, 15) is 0 Å². The van der Waals surface area contributed by atoms with Crippen molar-refractivity contribution in [1.82, 2.24) is 9.38 Å². The Morgan fingerprint density at radius 2 is 2.14 bits per heavy atom. The minimum absolute atomic E-state index is 0.160. The molecule has 4 nitrogen and oxygen atoms in total. The number of para-hydroxylation sites is 2. The third-order valence-electron chi connectivity index (χ3n) is 3.26. The van der Waals surface area contributed by atoms with Gasteiger partial charge in [0.15, 0.2) is 4.96 Å². The van der Waals surface area contributed by atoms with Crippen molar-refractivity contribution in [1.29, 1.82) is 0 Å². The normalized spacial score (nSPS) is 11.2. The average molecular weight is 301 g/mol. The fourth-order valence-corrected chi connectivity index (χ4v) is 3.08. The Labute approximate surface area is 128 Å². The molecule has 0 saturated carbocycles. The zero-order valence-electron chi connectivity index (χ0n) is 12.5. The monoisotopic (exact) mass is 301 g/mol. The molecule has 3 aromatic rings. The summed E-state index contributed by atoms with van der Waals surface area (Å²) in [7, 11) is 0. The van der Waals surface area contributed by atoms with Crippen LogP contribution in [0.15, 0.2) is 35.8 Å². The number of anilines is 1. The zero-order chi connectivity index (χ0) is 14.8. The number of fused-ring (bicyclic) bond motifs is 1. The molecule has 5 heteroatoms. The van der Waals surface area contributed by atoms with Gasteiger partial charge in [0, 0.05) is 11.6 Å². The highest BCUT2D eigenvalue weighted by Gasteiger charge is 2.10. The number of benzene rings is 1. The van der Waals surface area contributed by atoms with Crippen LogP contribution in [-0.2, 0) is 6.54 Å². The Morgan fingerprint density at radius 1 is 1.33 bits per heavy atom. The Kier molecular flexibility index (Phi) is 3.84. The molecule has 0 atom stereocenters. The predicted molar refractivity (Wildman–Crippen MR) is 87.3 cm³/mol. The molecule has 0 fully saturated rings. The lowest BCUT2D eigenvalue weighted by Crippen LogP contribution is -2.09. The van der Waals surface area contributed by atoms with E-state index >= 15 is 0 Å². The highest BCUT2D eigenvalue weighted by molar-refractivity contribution is 7.15. The maximum absolute atomic E-state index is 5.84. The van der Waals surface area contributed by atoms with Crippen LogP contribution < -0.4 is 10.1 Å². The number of thiazole rings is 1. The molecular formula is C16H19N3OS. The molecular weight excluding hydrogens is 282 g/mol. The predicted octanol–water partition coefficient (Wildman–Crippen LogP) is 4.10. The summed E-state index contributed by atoms with van der Waals surface area (Å²) in [6.07, 6.45) is 2.22. The number of hydrogen-bond acceptors (Lipinski definition) is 4. The SMILES string of the molecule is Cc1nc2sccn2c1CNc1ccccc1OC(C)C. The van der Waals surface area contributed by atoms with Gasteiger partial charge in [-0.15, -0.1) is 11.3 Å². The van der Waals surface area contributed by atoms with Gasteiger partial charge in [0.2, 0.25) is 0 Å². The number of hydrogen-bond donors (Lipinski definition) is 1. The molecule has 1 N–H and O–H groups in total. The van der Waals surface area contributed by atoms with Crippen molar-refractivity contribution in [3.05, 3.63) is 47.2 Å². The van der Waals surface area contributed by atoms with Crippen molar-refractivity contribution in [2.75, 3.05) is 5.32 Å². The van der Waals surface area contributed by atoms with Gasteiger partial charge in [0.1, 0.15) is 5.75 Å². The molecule has 0 radical (unpaired) electrons. The molecule has 0 bridgehead atoms. The molecule has 2 aromatic heterocycles. The van der Waals surface area contributed by atoms with Crippen LogP contribution in [0.2, 0.25) is 0 Å². The first-order valence-corrected chi connectivity index (χ1v) is 7.93. The summed E-state index contributed by atoms with van der Waals surface area (Å²) in [5.74, 6) is 0.885. The average Bonchev–Trinajstić information content (AvgIpc) is 2.98. The largest absolute Gasteiger partial charge is 0.489 e. The molecule has 0 aliphatic heterocycles. The van der Waals surface area contributed by atoms with Crippen LogP contribution in [0.5, 0.6) is 5.75 Å². The fourth-order valence-electron chi connectivity index (χ4n) is 2.30. The first kappa shape index (κ1) is 13.9. The molecule has 0 saturated heterocycles. The van der Waals surface area contributed by atoms with Gasteiger partial charge >= 0.3 is 0 Å². The van der Waals surface area contributed by atoms with E-state index in [1.807, 2.05) is 45.0 Å². The highest BCUT2D eigenvalue weighted by atomic mass is 32.1. The lowest BCUT2D eigenvalue weighted by atomic mass is 10.2. The molecule has 1 aromatic carbocycles. The highest BCUT2D eigenvalue weighted by Crippen LogP contribution is 2.26. The van der Waals surface area contributed by atoms with Crippen LogP contribution >= 0.6 is 11.3 Å². The number of imidazole rings is 1. The lowest BCUT2D eigenvalue weighted by molar-refractivity contribution is 0.243. The third-order valence-corrected chi connectivity index (χ3v) is 4.01. The minimum atomic E-state index is 0.160. The van der Waals surface area contributed by atoms with Crippen molar-refractivity contribution in [3.8, 4) is 5.75 Å². The smallest absolute Gasteiger partial charge is 0.194 e. The number of aryl methyl sites for hydroxylation is 1. The summed E-state index contributed by atoms with van der Waals surface area (Å²) in [6.45, 7) is 6.84. The standard InChI is InChI=1S/C16H19N3OS/c1-11(2)20-15-7-5-4-6-13(15)17-10-14-12(3)18-16-19(14)8-9-21-16/h4-9,11,17H,10H2,1-3H3. The van der Waals surface area contributed by atoms with Crippen LogP contribution in [0.25, 0.3) is 4.96 Å². The summed E-state index contributed by atoms with van der Waals surface area (Å²) in [6, 6.07) is 8.04. The van der Waals surface area contributed by atoms with Crippen molar-refractivity contribution in [2.45, 2.75) is 33.4 Å². The van der Waals surface area contributed by atoms with Gasteiger partial charge in [-0.05, 0) is 32.9 Å². The van der Waals surface area contributed by atoms with E-state index in [1.165, 1.54) is 5.69 Å². The van der Waals surface area contributed by atoms with Gasteiger partial charge in [-0.25, -0.2) is 4.98 Å². The first-order chi connectivity index (χ1) is 10.1. The van der Waals surface area contributed by atoms with Gasteiger partial charge in [0.25, 0.3) is 0 Å². The maximum atomic E-state index is 5.84. The second-order valence-electron chi connectivity index (χ2n) is 5.22. The molecule has 110 valence electrons. The Morgan fingerprint density at radius 3 is 2.95 bits per heavy atom. The van der Waals surface area contributed by atoms with E-state index in [-0.39, 0.29) is 6.10 Å². The molecule has 0 spiro atoms. The summed E-state index contributed by atoms with van der Waals surface area (Å²) in [5, 5.41) is 5.52. The lowest BCUT2D eigenvalue weighted by Gasteiger charge is -2.15. The van der Waals surface area contributed by atoms with Crippen molar-refractivity contribution in [3.63, 3.8) is 0 Å². The fraction of sp³-hybridized carbons (Fsp3) is 0.312. The molecule has 3 rings (SSSR count). The van der Waals surface area contributed by atoms with E-state index in [4.69, 9.17) is 4.74 Å². The molecule has 0 aliphatic carbocycles. The first-order valence-electron chi connectivity index (χ1n) is 7.05. The Bertz CT molecular complexity index is 745. The molecule has 0 unspecified atom stereocenters. The van der Waals surface area contributed by atoms with E-state index in [0.717, 1.165) is 28.6 Å². The Balaban J connectivity index is 1.81. The van der Waals surface area contributed by atoms with Crippen molar-refractivity contribution >= 4 is 22.0 Å². The maximum Gasteiger partial charge on any atom is 0.194 e. The number of nitrogens with one attached hydrogen (secondary N) is 1. The van der Waals surface area contributed by atoms with Crippen molar-refractivity contribution in [2.24, 2.45) is 0 Å². The van der Waals surface area contributed by atoms with E-state index in [0.29, 0.717) is 0 Å². The van der Waals surface area contributed by atoms with Crippen LogP contribution in [0, 0.1) is 6.92 Å². The number of ether oxygens (including phenoxy) is 1.